The molecule has 1 aliphatic rings. The second-order valence-corrected chi connectivity index (χ2v) is 8.41. The first-order valence-corrected chi connectivity index (χ1v) is 11.5. The van der Waals surface area contributed by atoms with E-state index in [1.165, 1.54) is 12.5 Å². The summed E-state index contributed by atoms with van der Waals surface area (Å²) < 4.78 is 0. The molecule has 4 unspecified atom stereocenters. The van der Waals surface area contributed by atoms with Gasteiger partial charge < -0.3 is 42.8 Å². The van der Waals surface area contributed by atoms with E-state index < -0.39 is 54.3 Å². The highest BCUT2D eigenvalue weighted by atomic mass is 16.4. The Bertz CT molecular complexity index is 871. The van der Waals surface area contributed by atoms with Crippen molar-refractivity contribution >= 4 is 29.6 Å². The average Bonchev–Trinajstić information content (AvgIpc) is 3.51. The molecule has 194 valence electrons. The average molecular weight is 495 g/mol. The molecule has 2 heterocycles. The van der Waals surface area contributed by atoms with Gasteiger partial charge in [-0.05, 0) is 45.2 Å². The van der Waals surface area contributed by atoms with Crippen LogP contribution in [0, 0.1) is 0 Å². The molecule has 0 radical (unpaired) electrons. The molecule has 0 aromatic carbocycles. The molecule has 35 heavy (non-hydrogen) atoms. The molecule has 1 aromatic rings. The molecule has 1 aliphatic heterocycles. The zero-order chi connectivity index (χ0) is 25.8. The number of primary amides is 1. The molecule has 14 heteroatoms. The van der Waals surface area contributed by atoms with E-state index in [9.17, 15) is 29.1 Å². The predicted molar refractivity (Wildman–Crippen MR) is 123 cm³/mol. The number of carboxylic acid groups (broad SMARTS) is 1. The summed E-state index contributed by atoms with van der Waals surface area (Å²) in [5, 5.41) is 20.0. The number of nitrogens with two attached hydrogens (primary N) is 2. The van der Waals surface area contributed by atoms with E-state index in [1.54, 1.807) is 0 Å². The minimum absolute atomic E-state index is 0.0336. The van der Waals surface area contributed by atoms with Gasteiger partial charge in [0.05, 0.1) is 18.8 Å². The minimum atomic E-state index is -1.56. The van der Waals surface area contributed by atoms with Crippen molar-refractivity contribution in [1.29, 1.82) is 0 Å². The molecule has 4 amide bonds. The highest BCUT2D eigenvalue weighted by Gasteiger charge is 2.32. The summed E-state index contributed by atoms with van der Waals surface area (Å²) in [5.74, 6) is -4.09. The number of carbonyl (C=O) groups is 5. The number of aliphatic carboxylic acids is 1. The molecule has 1 fully saturated rings. The maximum Gasteiger partial charge on any atom is 0.326 e. The van der Waals surface area contributed by atoms with Crippen LogP contribution in [0.3, 0.4) is 0 Å². The van der Waals surface area contributed by atoms with Crippen LogP contribution >= 0.6 is 0 Å². The summed E-state index contributed by atoms with van der Waals surface area (Å²) in [4.78, 5) is 68.0. The number of aromatic nitrogens is 2. The third kappa shape index (κ3) is 9.33. The molecule has 0 spiro atoms. The van der Waals surface area contributed by atoms with E-state index >= 15 is 0 Å². The number of rotatable bonds is 15. The lowest BCUT2D eigenvalue weighted by molar-refractivity contribution is -0.143. The van der Waals surface area contributed by atoms with Gasteiger partial charge >= 0.3 is 5.97 Å². The van der Waals surface area contributed by atoms with Crippen LogP contribution in [0.5, 0.6) is 0 Å². The van der Waals surface area contributed by atoms with E-state index in [0.717, 1.165) is 6.42 Å². The van der Waals surface area contributed by atoms with Gasteiger partial charge in [-0.2, -0.15) is 0 Å². The number of hydrogen-bond acceptors (Lipinski definition) is 8. The second-order valence-electron chi connectivity index (χ2n) is 8.41. The van der Waals surface area contributed by atoms with Gasteiger partial charge in [-0.15, -0.1) is 0 Å². The molecule has 1 saturated heterocycles. The summed E-state index contributed by atoms with van der Waals surface area (Å²) in [6.07, 6.45) is 5.23. The summed E-state index contributed by atoms with van der Waals surface area (Å²) >= 11 is 0. The van der Waals surface area contributed by atoms with E-state index in [2.05, 4.69) is 31.2 Å². The van der Waals surface area contributed by atoms with E-state index in [0.29, 0.717) is 44.5 Å². The van der Waals surface area contributed by atoms with Crippen LogP contribution in [-0.2, 0) is 30.4 Å². The fraction of sp³-hybridized carbons (Fsp3) is 0.619. The highest BCUT2D eigenvalue weighted by molar-refractivity contribution is 5.95. The van der Waals surface area contributed by atoms with Gasteiger partial charge in [0.2, 0.25) is 23.6 Å². The molecule has 0 aliphatic carbocycles. The van der Waals surface area contributed by atoms with Crippen LogP contribution < -0.4 is 32.7 Å². The quantitative estimate of drug-likeness (QED) is 0.118. The Balaban J connectivity index is 2.15. The Morgan fingerprint density at radius 3 is 2.37 bits per heavy atom. The molecule has 1 aromatic heterocycles. The normalized spacial score (nSPS) is 17.7. The largest absolute Gasteiger partial charge is 0.480 e. The van der Waals surface area contributed by atoms with Crippen molar-refractivity contribution in [3.63, 3.8) is 0 Å². The first kappa shape index (κ1) is 27.7. The lowest BCUT2D eigenvalue weighted by Crippen LogP contribution is -2.57. The number of H-pyrrole nitrogens is 1. The number of nitrogens with zero attached hydrogens (tertiary/aromatic N) is 1. The fourth-order valence-electron chi connectivity index (χ4n) is 3.71. The van der Waals surface area contributed by atoms with E-state index in [-0.39, 0.29) is 12.3 Å². The van der Waals surface area contributed by atoms with Gasteiger partial charge in [-0.25, -0.2) is 9.78 Å². The fourth-order valence-corrected chi connectivity index (χ4v) is 3.71. The number of hydrogen-bond donors (Lipinski definition) is 8. The number of imidazole rings is 1. The highest BCUT2D eigenvalue weighted by Crippen LogP contribution is 2.09. The van der Waals surface area contributed by atoms with Crippen LogP contribution in [-0.4, -0.2) is 81.9 Å². The number of amides is 4. The lowest BCUT2D eigenvalue weighted by Gasteiger charge is -2.25. The van der Waals surface area contributed by atoms with Crippen molar-refractivity contribution < 1.29 is 29.1 Å². The Kier molecular flexibility index (Phi) is 11.1. The molecule has 4 atom stereocenters. The van der Waals surface area contributed by atoms with Crippen molar-refractivity contribution in [2.24, 2.45) is 11.5 Å². The molecule has 0 bridgehead atoms. The van der Waals surface area contributed by atoms with Gasteiger partial charge in [-0.3, -0.25) is 19.2 Å². The van der Waals surface area contributed by atoms with Crippen molar-refractivity contribution in [2.75, 3.05) is 13.1 Å². The van der Waals surface area contributed by atoms with Crippen LogP contribution in [0.2, 0.25) is 0 Å². The number of unbranched alkanes of at least 4 members (excludes halogenated alkanes) is 1. The molecule has 10 N–H and O–H groups in total. The maximum atomic E-state index is 13.2. The van der Waals surface area contributed by atoms with Gasteiger partial charge in [-0.1, -0.05) is 0 Å². The monoisotopic (exact) mass is 494 g/mol. The standard InChI is InChI=1S/C21H34N8O6/c22-6-2-1-4-14(27-18(31)13-5-3-7-25-13)19(32)28-15(8-12-10-24-11-26-12)20(33)29-16(21(34)35)9-17(23)30/h10-11,13-16,25H,1-9,22H2,(H2,23,30)(H,24,26)(H,27,31)(H,28,32)(H,29,33)(H,34,35). The van der Waals surface area contributed by atoms with Crippen molar-refractivity contribution in [3.8, 4) is 0 Å². The smallest absolute Gasteiger partial charge is 0.326 e. The van der Waals surface area contributed by atoms with Gasteiger partial charge in [0.15, 0.2) is 0 Å². The maximum absolute atomic E-state index is 13.2. The number of aromatic amines is 1. The molecule has 0 saturated carbocycles. The van der Waals surface area contributed by atoms with Gasteiger partial charge in [0, 0.05) is 18.3 Å². The van der Waals surface area contributed by atoms with Crippen LogP contribution in [0.25, 0.3) is 0 Å². The summed E-state index contributed by atoms with van der Waals surface area (Å²) in [6.45, 7) is 1.14. The molecular weight excluding hydrogens is 460 g/mol. The lowest BCUT2D eigenvalue weighted by atomic mass is 10.0. The Hall–Kier alpha value is -3.52. The molecule has 14 nitrogen and oxygen atoms in total. The Labute approximate surface area is 202 Å². The molecular formula is C21H34N8O6. The Morgan fingerprint density at radius 1 is 1.09 bits per heavy atom. The number of carbonyl (C=O) groups excluding carboxylic acids is 4. The van der Waals surface area contributed by atoms with Gasteiger partial charge in [0.1, 0.15) is 18.1 Å². The van der Waals surface area contributed by atoms with Gasteiger partial charge in [0.25, 0.3) is 0 Å². The second kappa shape index (κ2) is 14.0. The topological polar surface area (TPSA) is 234 Å². The van der Waals surface area contributed by atoms with Crippen molar-refractivity contribution in [3.05, 3.63) is 18.2 Å². The van der Waals surface area contributed by atoms with Crippen LogP contribution in [0.4, 0.5) is 0 Å². The third-order valence-corrected chi connectivity index (χ3v) is 5.59. The molecule has 2 rings (SSSR count). The van der Waals surface area contributed by atoms with E-state index in [1.807, 2.05) is 0 Å². The number of carboxylic acids is 1. The van der Waals surface area contributed by atoms with Crippen LogP contribution in [0.1, 0.15) is 44.2 Å². The first-order chi connectivity index (χ1) is 16.7. The van der Waals surface area contributed by atoms with Crippen molar-refractivity contribution in [1.82, 2.24) is 31.2 Å². The van der Waals surface area contributed by atoms with Crippen molar-refractivity contribution in [2.45, 2.75) is 69.1 Å². The zero-order valence-corrected chi connectivity index (χ0v) is 19.4. The summed E-state index contributed by atoms with van der Waals surface area (Å²) in [5.41, 5.74) is 11.1. The number of nitrogens with one attached hydrogen (secondary N) is 5. The first-order valence-electron chi connectivity index (χ1n) is 11.5. The third-order valence-electron chi connectivity index (χ3n) is 5.59. The zero-order valence-electron chi connectivity index (χ0n) is 19.4. The Morgan fingerprint density at radius 2 is 1.80 bits per heavy atom. The van der Waals surface area contributed by atoms with Crippen LogP contribution in [0.15, 0.2) is 12.5 Å². The van der Waals surface area contributed by atoms with E-state index in [4.69, 9.17) is 11.5 Å². The predicted octanol–water partition coefficient (Wildman–Crippen LogP) is -2.75. The summed E-state index contributed by atoms with van der Waals surface area (Å²) in [7, 11) is 0. The minimum Gasteiger partial charge on any atom is -0.480 e. The summed E-state index contributed by atoms with van der Waals surface area (Å²) in [6, 6.07) is -4.09. The SMILES string of the molecule is NCCCCC(NC(=O)C1CCCN1)C(=O)NC(Cc1cnc[nH]1)C(=O)NC(CC(N)=O)C(=O)O.